The lowest BCUT2D eigenvalue weighted by molar-refractivity contribution is -0.385. The van der Waals surface area contributed by atoms with Crippen LogP contribution in [0.5, 0.6) is 5.75 Å². The predicted octanol–water partition coefficient (Wildman–Crippen LogP) is 4.54. The molecular weight excluding hydrogens is 394 g/mol. The third-order valence-electron chi connectivity index (χ3n) is 4.23. The monoisotopic (exact) mass is 411 g/mol. The van der Waals surface area contributed by atoms with Crippen molar-refractivity contribution in [2.75, 3.05) is 5.32 Å². The maximum absolute atomic E-state index is 12.4. The van der Waals surface area contributed by atoms with Crippen molar-refractivity contribution in [3.05, 3.63) is 91.4 Å². The Kier molecular flexibility index (Phi) is 5.77. The van der Waals surface area contributed by atoms with Crippen molar-refractivity contribution in [3.63, 3.8) is 0 Å². The Morgan fingerprint density at radius 2 is 1.73 bits per heavy atom. The van der Waals surface area contributed by atoms with Gasteiger partial charge in [0.05, 0.1) is 9.85 Å². The van der Waals surface area contributed by atoms with E-state index in [1.807, 2.05) is 0 Å². The van der Waals surface area contributed by atoms with Crippen LogP contribution in [0.1, 0.15) is 27.4 Å². The number of benzene rings is 2. The Morgan fingerprint density at radius 1 is 1.00 bits per heavy atom. The largest absolute Gasteiger partial charge is 0.486 e. The quantitative estimate of drug-likeness (QED) is 0.445. The van der Waals surface area contributed by atoms with Gasteiger partial charge in [-0.15, -0.1) is 0 Å². The molecule has 2 aromatic carbocycles. The molecule has 154 valence electrons. The van der Waals surface area contributed by atoms with Crippen LogP contribution >= 0.6 is 0 Å². The summed E-state index contributed by atoms with van der Waals surface area (Å²) in [6, 6.07) is 11.8. The summed E-state index contributed by atoms with van der Waals surface area (Å²) in [5, 5.41) is 24.5. The van der Waals surface area contributed by atoms with Gasteiger partial charge in [0, 0.05) is 17.7 Å². The van der Waals surface area contributed by atoms with E-state index in [1.165, 1.54) is 42.5 Å². The van der Waals surface area contributed by atoms with Crippen LogP contribution in [0.2, 0.25) is 0 Å². The van der Waals surface area contributed by atoms with E-state index in [1.54, 1.807) is 19.9 Å². The van der Waals surface area contributed by atoms with Crippen molar-refractivity contribution in [1.82, 2.24) is 0 Å². The standard InChI is InChI=1S/C20H17N3O7/c1-12-3-6-16(18(9-12)23(27)28)21-20(24)19-8-5-15(30-19)11-29-14-4-7-17(22(25)26)13(2)10-14/h3-10H,11H2,1-2H3,(H,21,24). The number of hydrogen-bond donors (Lipinski definition) is 1. The number of aryl methyl sites for hydroxylation is 2. The van der Waals surface area contributed by atoms with E-state index in [9.17, 15) is 25.0 Å². The van der Waals surface area contributed by atoms with E-state index >= 15 is 0 Å². The van der Waals surface area contributed by atoms with Crippen molar-refractivity contribution in [1.29, 1.82) is 0 Å². The second-order valence-corrected chi connectivity index (χ2v) is 6.49. The van der Waals surface area contributed by atoms with E-state index in [2.05, 4.69) is 5.32 Å². The minimum atomic E-state index is -0.639. The number of hydrogen-bond acceptors (Lipinski definition) is 7. The van der Waals surface area contributed by atoms with Crippen LogP contribution in [0.4, 0.5) is 17.1 Å². The molecule has 0 bridgehead atoms. The van der Waals surface area contributed by atoms with Crippen LogP contribution in [0.25, 0.3) is 0 Å². The lowest BCUT2D eigenvalue weighted by Gasteiger charge is -2.06. The van der Waals surface area contributed by atoms with Crippen LogP contribution in [0.15, 0.2) is 52.9 Å². The Hall–Kier alpha value is -4.21. The molecule has 3 aromatic rings. The summed E-state index contributed by atoms with van der Waals surface area (Å²) in [5.74, 6) is 0.0769. The number of carbonyl (C=O) groups is 1. The molecule has 0 fully saturated rings. The normalized spacial score (nSPS) is 10.5. The molecule has 1 amide bonds. The van der Waals surface area contributed by atoms with E-state index in [4.69, 9.17) is 9.15 Å². The molecular formula is C20H17N3O7. The molecule has 0 aliphatic carbocycles. The third kappa shape index (κ3) is 4.61. The Morgan fingerprint density at radius 3 is 2.40 bits per heavy atom. The van der Waals surface area contributed by atoms with Gasteiger partial charge in [0.1, 0.15) is 23.8 Å². The number of furan rings is 1. The van der Waals surface area contributed by atoms with Gasteiger partial charge in [0.2, 0.25) is 0 Å². The number of carbonyl (C=O) groups excluding carboxylic acids is 1. The lowest BCUT2D eigenvalue weighted by Crippen LogP contribution is -2.12. The molecule has 0 saturated carbocycles. The molecule has 10 nitrogen and oxygen atoms in total. The average Bonchev–Trinajstić information content (AvgIpc) is 3.16. The summed E-state index contributed by atoms with van der Waals surface area (Å²) in [5.41, 5.74) is 0.984. The van der Waals surface area contributed by atoms with Crippen LogP contribution in [0.3, 0.4) is 0 Å². The highest BCUT2D eigenvalue weighted by Crippen LogP contribution is 2.27. The molecule has 0 aliphatic rings. The highest BCUT2D eigenvalue weighted by Gasteiger charge is 2.19. The lowest BCUT2D eigenvalue weighted by atomic mass is 10.2. The van der Waals surface area contributed by atoms with Crippen LogP contribution in [-0.4, -0.2) is 15.8 Å². The topological polar surface area (TPSA) is 138 Å². The molecule has 1 N–H and O–H groups in total. The van der Waals surface area contributed by atoms with Crippen LogP contribution < -0.4 is 10.1 Å². The minimum absolute atomic E-state index is 0.00475. The molecule has 1 aromatic heterocycles. The average molecular weight is 411 g/mol. The van der Waals surface area contributed by atoms with Crippen LogP contribution in [0, 0.1) is 34.1 Å². The van der Waals surface area contributed by atoms with Crippen molar-refractivity contribution >= 4 is 23.0 Å². The van der Waals surface area contributed by atoms with E-state index < -0.39 is 15.8 Å². The van der Waals surface area contributed by atoms with Crippen molar-refractivity contribution < 1.29 is 23.8 Å². The first kappa shape index (κ1) is 20.5. The molecule has 3 rings (SSSR count). The first-order valence-corrected chi connectivity index (χ1v) is 8.77. The molecule has 0 saturated heterocycles. The SMILES string of the molecule is Cc1ccc(NC(=O)c2ccc(COc3ccc([N+](=O)[O-])c(C)c3)o2)c([N+](=O)[O-])c1. The summed E-state index contributed by atoms with van der Waals surface area (Å²) in [4.78, 5) is 33.4. The number of anilines is 1. The number of ether oxygens (including phenoxy) is 1. The van der Waals surface area contributed by atoms with Gasteiger partial charge in [0.15, 0.2) is 5.76 Å². The molecule has 30 heavy (non-hydrogen) atoms. The molecule has 0 radical (unpaired) electrons. The van der Waals surface area contributed by atoms with Gasteiger partial charge in [-0.25, -0.2) is 0 Å². The number of nitro groups is 2. The fourth-order valence-corrected chi connectivity index (χ4v) is 2.74. The maximum atomic E-state index is 12.4. The third-order valence-corrected chi connectivity index (χ3v) is 4.23. The molecule has 1 heterocycles. The Balaban J connectivity index is 1.66. The summed E-state index contributed by atoms with van der Waals surface area (Å²) in [6.45, 7) is 3.31. The maximum Gasteiger partial charge on any atom is 0.293 e. The summed E-state index contributed by atoms with van der Waals surface area (Å²) in [6.07, 6.45) is 0. The van der Waals surface area contributed by atoms with E-state index in [0.29, 0.717) is 22.6 Å². The Bertz CT molecular complexity index is 1140. The fraction of sp³-hybridized carbons (Fsp3) is 0.150. The number of amides is 1. The van der Waals surface area contributed by atoms with Crippen LogP contribution in [-0.2, 0) is 6.61 Å². The zero-order valence-corrected chi connectivity index (χ0v) is 16.1. The zero-order chi connectivity index (χ0) is 21.8. The Labute approximate surface area is 170 Å². The van der Waals surface area contributed by atoms with Crippen molar-refractivity contribution in [2.24, 2.45) is 0 Å². The summed E-state index contributed by atoms with van der Waals surface area (Å²) < 4.78 is 11.0. The number of rotatable bonds is 7. The van der Waals surface area contributed by atoms with Gasteiger partial charge in [-0.2, -0.15) is 0 Å². The molecule has 10 heteroatoms. The molecule has 0 aliphatic heterocycles. The van der Waals surface area contributed by atoms with Gasteiger partial charge in [-0.05, 0) is 49.7 Å². The second kappa shape index (κ2) is 8.43. The van der Waals surface area contributed by atoms with E-state index in [-0.39, 0.29) is 29.4 Å². The van der Waals surface area contributed by atoms with Gasteiger partial charge in [0.25, 0.3) is 17.3 Å². The fourth-order valence-electron chi connectivity index (χ4n) is 2.74. The second-order valence-electron chi connectivity index (χ2n) is 6.49. The molecule has 0 unspecified atom stereocenters. The van der Waals surface area contributed by atoms with Gasteiger partial charge >= 0.3 is 0 Å². The number of nitrogens with zero attached hydrogens (tertiary/aromatic N) is 2. The van der Waals surface area contributed by atoms with Gasteiger partial charge in [-0.3, -0.25) is 25.0 Å². The smallest absolute Gasteiger partial charge is 0.293 e. The zero-order valence-electron chi connectivity index (χ0n) is 16.1. The molecule has 0 spiro atoms. The van der Waals surface area contributed by atoms with Crippen molar-refractivity contribution in [3.8, 4) is 5.75 Å². The van der Waals surface area contributed by atoms with Gasteiger partial charge in [-0.1, -0.05) is 6.07 Å². The van der Waals surface area contributed by atoms with Crippen molar-refractivity contribution in [2.45, 2.75) is 20.5 Å². The predicted molar refractivity (Wildman–Crippen MR) is 107 cm³/mol. The van der Waals surface area contributed by atoms with Gasteiger partial charge < -0.3 is 14.5 Å². The van der Waals surface area contributed by atoms with E-state index in [0.717, 1.165) is 0 Å². The first-order chi connectivity index (χ1) is 14.2. The number of nitro benzene ring substituents is 2. The highest BCUT2D eigenvalue weighted by molar-refractivity contribution is 6.03. The highest BCUT2D eigenvalue weighted by atomic mass is 16.6. The summed E-state index contributed by atoms with van der Waals surface area (Å²) >= 11 is 0. The molecule has 0 atom stereocenters. The first-order valence-electron chi connectivity index (χ1n) is 8.77. The number of nitrogens with one attached hydrogen (secondary N) is 1. The minimum Gasteiger partial charge on any atom is -0.486 e. The summed E-state index contributed by atoms with van der Waals surface area (Å²) in [7, 11) is 0.